The van der Waals surface area contributed by atoms with E-state index in [2.05, 4.69) is 19.1 Å². The van der Waals surface area contributed by atoms with Crippen molar-refractivity contribution in [2.45, 2.75) is 6.92 Å². The van der Waals surface area contributed by atoms with Gasteiger partial charge in [0, 0.05) is 14.1 Å². The van der Waals surface area contributed by atoms with Crippen LogP contribution in [0.5, 0.6) is 0 Å². The van der Waals surface area contributed by atoms with Gasteiger partial charge in [0.15, 0.2) is 0 Å². The van der Waals surface area contributed by atoms with E-state index >= 15 is 0 Å². The van der Waals surface area contributed by atoms with Crippen LogP contribution in [-0.2, 0) is 0 Å². The average Bonchev–Trinajstić information content (AvgIpc) is 1.88. The van der Waals surface area contributed by atoms with E-state index in [1.165, 1.54) is 5.56 Å². The molecule has 0 amide bonds. The molecule has 0 radical (unpaired) electrons. The van der Waals surface area contributed by atoms with Crippen LogP contribution >= 0.6 is 0 Å². The first-order valence-corrected chi connectivity index (χ1v) is 3.36. The maximum absolute atomic E-state index is 3.13. The van der Waals surface area contributed by atoms with Crippen molar-refractivity contribution in [3.05, 3.63) is 29.8 Å². The molecule has 0 atom stereocenters. The van der Waals surface area contributed by atoms with Crippen molar-refractivity contribution in [2.75, 3.05) is 19.0 Å². The maximum atomic E-state index is 3.13. The predicted molar refractivity (Wildman–Crippen MR) is 50.1 cm³/mol. The summed E-state index contributed by atoms with van der Waals surface area (Å²) in [7, 11) is 4.04. The zero-order valence-electron chi connectivity index (χ0n) is 7.76. The number of halogens is 1. The van der Waals surface area contributed by atoms with Crippen molar-refractivity contribution >= 4 is 28.7 Å². The predicted octanol–water partition coefficient (Wildman–Crippen LogP) is -1.52. The van der Waals surface area contributed by atoms with Gasteiger partial charge in [-0.15, -0.1) is 6.07 Å². The van der Waals surface area contributed by atoms with E-state index in [0.717, 1.165) is 5.69 Å². The number of anilines is 1. The zero-order valence-corrected chi connectivity index (χ0v) is 10.8. The zero-order chi connectivity index (χ0) is 7.56. The molecule has 0 spiro atoms. The molecule has 1 aromatic carbocycles. The molecule has 0 fully saturated rings. The molecule has 1 nitrogen and oxygen atoms in total. The molecule has 0 saturated heterocycles. The van der Waals surface area contributed by atoms with E-state index in [-0.39, 0.29) is 40.0 Å². The van der Waals surface area contributed by atoms with Crippen LogP contribution in [0.1, 0.15) is 5.56 Å². The summed E-state index contributed by atoms with van der Waals surface area (Å²) in [6.07, 6.45) is 0. The molecule has 0 unspecified atom stereocenters. The summed E-state index contributed by atoms with van der Waals surface area (Å²) in [5, 5.41) is 0. The Kier molecular flexibility index (Phi) is 8.31. The second kappa shape index (κ2) is 6.75. The second-order valence-electron chi connectivity index (χ2n) is 2.65. The average molecular weight is 238 g/mol. The maximum Gasteiger partial charge on any atom is 2.00 e. The van der Waals surface area contributed by atoms with Gasteiger partial charge < -0.3 is 21.9 Å². The van der Waals surface area contributed by atoms with Crippen molar-refractivity contribution in [1.82, 2.24) is 0 Å². The van der Waals surface area contributed by atoms with E-state index in [1.807, 2.05) is 31.1 Å². The number of aryl methyl sites for hydroxylation is 1. The van der Waals surface area contributed by atoms with Gasteiger partial charge >= 0.3 is 23.1 Å². The van der Waals surface area contributed by atoms with E-state index in [0.29, 0.717) is 0 Å². The normalized spacial score (nSPS) is 7.92. The van der Waals surface area contributed by atoms with Gasteiger partial charge in [0.25, 0.3) is 0 Å². The fraction of sp³-hybridized carbons (Fsp3) is 0.333. The molecule has 0 aliphatic rings. The van der Waals surface area contributed by atoms with Crippen molar-refractivity contribution in [3.63, 3.8) is 0 Å². The largest absolute Gasteiger partial charge is 2.00 e. The Balaban J connectivity index is 0. The monoisotopic (exact) mass is 237 g/mol. The first kappa shape index (κ1) is 14.8. The quantitative estimate of drug-likeness (QED) is 0.424. The summed E-state index contributed by atoms with van der Waals surface area (Å²) in [5.74, 6) is 0. The van der Waals surface area contributed by atoms with E-state index in [1.54, 1.807) is 0 Å². The Hall–Kier alpha value is 0.266. The van der Waals surface area contributed by atoms with Crippen molar-refractivity contribution in [1.29, 1.82) is 0 Å². The summed E-state index contributed by atoms with van der Waals surface area (Å²) < 4.78 is 0. The topological polar surface area (TPSA) is 3.24 Å². The van der Waals surface area contributed by atoms with Crippen LogP contribution in [-0.4, -0.2) is 37.1 Å². The van der Waals surface area contributed by atoms with Gasteiger partial charge in [0.2, 0.25) is 0 Å². The first-order valence-electron chi connectivity index (χ1n) is 3.36. The minimum atomic E-state index is 0. The van der Waals surface area contributed by atoms with E-state index < -0.39 is 0 Å². The molecule has 12 heavy (non-hydrogen) atoms. The van der Waals surface area contributed by atoms with Gasteiger partial charge in [-0.3, -0.25) is 0 Å². The van der Waals surface area contributed by atoms with Crippen molar-refractivity contribution < 1.29 is 17.0 Å². The number of nitrogens with zero attached hydrogens (tertiary/aromatic N) is 1. The molecule has 3 heteroatoms. The van der Waals surface area contributed by atoms with Gasteiger partial charge in [-0.2, -0.15) is 23.8 Å². The number of benzene rings is 1. The number of hydrogen-bond donors (Lipinski definition) is 0. The molecule has 1 aromatic rings. The molecule has 0 N–H and O–H groups in total. The van der Waals surface area contributed by atoms with E-state index in [4.69, 9.17) is 0 Å². The van der Waals surface area contributed by atoms with Crippen LogP contribution in [0, 0.1) is 13.0 Å². The van der Waals surface area contributed by atoms with Gasteiger partial charge in [-0.05, 0) is 0 Å². The molecular formula is C9H12BrMgN. The van der Waals surface area contributed by atoms with Crippen LogP contribution in [0.3, 0.4) is 0 Å². The van der Waals surface area contributed by atoms with Crippen LogP contribution in [0.4, 0.5) is 5.69 Å². The molecule has 62 valence electrons. The van der Waals surface area contributed by atoms with Crippen molar-refractivity contribution in [3.8, 4) is 0 Å². The molecule has 0 aliphatic carbocycles. The Morgan fingerprint density at radius 3 is 2.25 bits per heavy atom. The Bertz CT molecular complexity index is 226. The minimum Gasteiger partial charge on any atom is -1.00 e. The SMILES string of the molecule is Cc1cc[c-]c(N(C)C)c1.[Br-].[Mg+2]. The van der Waals surface area contributed by atoms with Crippen LogP contribution in [0.25, 0.3) is 0 Å². The molecule has 0 aromatic heterocycles. The van der Waals surface area contributed by atoms with Crippen LogP contribution < -0.4 is 21.9 Å². The minimum absolute atomic E-state index is 0. The summed E-state index contributed by atoms with van der Waals surface area (Å²) in [4.78, 5) is 2.05. The third kappa shape index (κ3) is 4.33. The fourth-order valence-corrected chi connectivity index (χ4v) is 0.822. The number of hydrogen-bond acceptors (Lipinski definition) is 1. The Morgan fingerprint density at radius 2 is 1.92 bits per heavy atom. The van der Waals surface area contributed by atoms with Gasteiger partial charge in [-0.1, -0.05) is 12.6 Å². The third-order valence-electron chi connectivity index (χ3n) is 1.42. The van der Waals surface area contributed by atoms with Gasteiger partial charge in [0.05, 0.1) is 0 Å². The summed E-state index contributed by atoms with van der Waals surface area (Å²) in [5.41, 5.74) is 2.42. The second-order valence-corrected chi connectivity index (χ2v) is 2.65. The molecule has 0 aliphatic heterocycles. The molecule has 1 rings (SSSR count). The molecular weight excluding hydrogens is 226 g/mol. The third-order valence-corrected chi connectivity index (χ3v) is 1.42. The molecule has 0 bridgehead atoms. The first-order chi connectivity index (χ1) is 4.70. The van der Waals surface area contributed by atoms with Crippen LogP contribution in [0.2, 0.25) is 0 Å². The van der Waals surface area contributed by atoms with Gasteiger partial charge in [0.1, 0.15) is 0 Å². The summed E-state index contributed by atoms with van der Waals surface area (Å²) in [6, 6.07) is 9.24. The molecule has 0 heterocycles. The summed E-state index contributed by atoms with van der Waals surface area (Å²) in [6.45, 7) is 2.08. The van der Waals surface area contributed by atoms with Crippen molar-refractivity contribution in [2.24, 2.45) is 0 Å². The van der Waals surface area contributed by atoms with Crippen LogP contribution in [0.15, 0.2) is 18.2 Å². The fourth-order valence-electron chi connectivity index (χ4n) is 0.822. The Labute approximate surface area is 101 Å². The molecule has 0 saturated carbocycles. The smallest absolute Gasteiger partial charge is 1.00 e. The number of rotatable bonds is 1. The Morgan fingerprint density at radius 1 is 1.33 bits per heavy atom. The standard InChI is InChI=1S/C9H12N.BrH.Mg/c1-8-5-4-6-9(7-8)10(2)3;;/h4-5,7H,1-3H3;1H;/q-1;;+2/p-1. The van der Waals surface area contributed by atoms with Gasteiger partial charge in [-0.25, -0.2) is 0 Å². The summed E-state index contributed by atoms with van der Waals surface area (Å²) >= 11 is 0. The van der Waals surface area contributed by atoms with E-state index in [9.17, 15) is 0 Å².